The predicted octanol–water partition coefficient (Wildman–Crippen LogP) is -0.157. The molecule has 2 N–H and O–H groups in total. The Morgan fingerprint density at radius 2 is 1.80 bits per heavy atom. The Labute approximate surface area is 59.2 Å². The number of carboxylic acid groups (broad SMARTS) is 1. The third-order valence-electron chi connectivity index (χ3n) is 1.33. The van der Waals surface area contributed by atoms with Crippen molar-refractivity contribution in [2.45, 2.75) is 13.8 Å². The highest BCUT2D eigenvalue weighted by Crippen LogP contribution is 2.14. The van der Waals surface area contributed by atoms with Crippen LogP contribution in [-0.2, 0) is 9.59 Å². The van der Waals surface area contributed by atoms with E-state index in [0.717, 1.165) is 0 Å². The van der Waals surface area contributed by atoms with Crippen LogP contribution < -0.4 is 5.32 Å². The van der Waals surface area contributed by atoms with Gasteiger partial charge in [-0.3, -0.25) is 9.59 Å². The summed E-state index contributed by atoms with van der Waals surface area (Å²) in [5.41, 5.74) is -1.32. The Bertz CT molecular complexity index is 162. The number of carbonyl (C=O) groups excluding carboxylic acids is 1. The van der Waals surface area contributed by atoms with E-state index in [1.54, 1.807) is 0 Å². The molecule has 4 heteroatoms. The molecule has 0 aliphatic heterocycles. The van der Waals surface area contributed by atoms with E-state index in [-0.39, 0.29) is 0 Å². The maximum absolute atomic E-state index is 10.8. The van der Waals surface area contributed by atoms with E-state index in [2.05, 4.69) is 5.32 Å². The average Bonchev–Trinajstić information content (AvgIpc) is 1.86. The molecule has 0 spiro atoms. The van der Waals surface area contributed by atoms with Crippen molar-refractivity contribution >= 4 is 11.9 Å². The first-order chi connectivity index (χ1) is 4.42. The van der Waals surface area contributed by atoms with Crippen LogP contribution in [0.25, 0.3) is 0 Å². The molecule has 0 bridgehead atoms. The summed E-state index contributed by atoms with van der Waals surface area (Å²) in [5, 5.41) is 10.7. The van der Waals surface area contributed by atoms with Crippen LogP contribution in [0.2, 0.25) is 0 Å². The minimum absolute atomic E-state index is 0.486. The summed E-state index contributed by atoms with van der Waals surface area (Å²) in [4.78, 5) is 21.1. The Morgan fingerprint density at radius 1 is 1.40 bits per heavy atom. The number of nitrogens with one attached hydrogen (secondary N) is 1. The van der Waals surface area contributed by atoms with Crippen LogP contribution in [0.15, 0.2) is 0 Å². The van der Waals surface area contributed by atoms with Crippen molar-refractivity contribution in [1.29, 1.82) is 0 Å². The zero-order valence-electron chi connectivity index (χ0n) is 6.26. The van der Waals surface area contributed by atoms with Crippen molar-refractivity contribution in [3.63, 3.8) is 0 Å². The van der Waals surface area contributed by atoms with Gasteiger partial charge in [0.1, 0.15) is 5.41 Å². The van der Waals surface area contributed by atoms with Crippen molar-refractivity contribution in [3.8, 4) is 0 Å². The van der Waals surface area contributed by atoms with Gasteiger partial charge in [-0.1, -0.05) is 0 Å². The summed E-state index contributed by atoms with van der Waals surface area (Å²) < 4.78 is 0. The van der Waals surface area contributed by atoms with Gasteiger partial charge in [-0.15, -0.1) is 0 Å². The van der Waals surface area contributed by atoms with E-state index in [9.17, 15) is 9.59 Å². The Balaban J connectivity index is 4.40. The normalized spacial score (nSPS) is 10.7. The summed E-state index contributed by atoms with van der Waals surface area (Å²) in [5.74, 6) is -1.60. The Morgan fingerprint density at radius 3 is 1.90 bits per heavy atom. The van der Waals surface area contributed by atoms with Crippen LogP contribution in [-0.4, -0.2) is 24.0 Å². The monoisotopic (exact) mass is 145 g/mol. The molecule has 4 nitrogen and oxygen atoms in total. The van der Waals surface area contributed by atoms with Crippen molar-refractivity contribution < 1.29 is 14.7 Å². The number of hydrogen-bond acceptors (Lipinski definition) is 2. The minimum atomic E-state index is -1.32. The van der Waals surface area contributed by atoms with E-state index in [1.807, 2.05) is 0 Å². The fraction of sp³-hybridized carbons (Fsp3) is 0.667. The minimum Gasteiger partial charge on any atom is -0.480 e. The van der Waals surface area contributed by atoms with Crippen molar-refractivity contribution in [2.24, 2.45) is 5.41 Å². The summed E-state index contributed by atoms with van der Waals surface area (Å²) in [6.45, 7) is 2.71. The highest BCUT2D eigenvalue weighted by atomic mass is 16.4. The second-order valence-corrected chi connectivity index (χ2v) is 2.51. The molecule has 0 rings (SSSR count). The first-order valence-corrected chi connectivity index (χ1v) is 2.88. The van der Waals surface area contributed by atoms with Gasteiger partial charge in [0.25, 0.3) is 0 Å². The number of carboxylic acids is 1. The standard InChI is InChI=1S/C6H11NO3/c1-6(2,5(9)10)4(8)7-3/h1-3H3,(H,7,8)(H,9,10). The fourth-order valence-electron chi connectivity index (χ4n) is 0.410. The predicted molar refractivity (Wildman–Crippen MR) is 35.5 cm³/mol. The summed E-state index contributed by atoms with van der Waals surface area (Å²) >= 11 is 0. The summed E-state index contributed by atoms with van der Waals surface area (Å²) in [6.07, 6.45) is 0. The van der Waals surface area contributed by atoms with Gasteiger partial charge in [0, 0.05) is 7.05 Å². The molecule has 0 aromatic carbocycles. The second kappa shape index (κ2) is 2.68. The van der Waals surface area contributed by atoms with Crippen LogP contribution in [0.5, 0.6) is 0 Å². The van der Waals surface area contributed by atoms with Gasteiger partial charge >= 0.3 is 5.97 Å². The van der Waals surface area contributed by atoms with E-state index in [4.69, 9.17) is 5.11 Å². The number of amides is 1. The van der Waals surface area contributed by atoms with Crippen molar-refractivity contribution in [3.05, 3.63) is 0 Å². The second-order valence-electron chi connectivity index (χ2n) is 2.51. The smallest absolute Gasteiger partial charge is 0.318 e. The molecule has 0 saturated carbocycles. The maximum Gasteiger partial charge on any atom is 0.318 e. The summed E-state index contributed by atoms with van der Waals surface area (Å²) in [6, 6.07) is 0. The molecule has 0 unspecified atom stereocenters. The molecule has 0 aromatic rings. The van der Waals surface area contributed by atoms with Gasteiger partial charge in [0.2, 0.25) is 5.91 Å². The van der Waals surface area contributed by atoms with Crippen LogP contribution in [0.3, 0.4) is 0 Å². The lowest BCUT2D eigenvalue weighted by Crippen LogP contribution is -2.40. The highest BCUT2D eigenvalue weighted by Gasteiger charge is 2.34. The lowest BCUT2D eigenvalue weighted by atomic mass is 9.93. The number of carbonyl (C=O) groups is 2. The largest absolute Gasteiger partial charge is 0.480 e. The molecule has 0 aliphatic carbocycles. The van der Waals surface area contributed by atoms with Gasteiger partial charge in [-0.2, -0.15) is 0 Å². The van der Waals surface area contributed by atoms with Gasteiger partial charge < -0.3 is 10.4 Å². The molecule has 0 aliphatic rings. The van der Waals surface area contributed by atoms with E-state index in [0.29, 0.717) is 0 Å². The van der Waals surface area contributed by atoms with E-state index < -0.39 is 17.3 Å². The molecular formula is C6H11NO3. The average molecular weight is 145 g/mol. The first-order valence-electron chi connectivity index (χ1n) is 2.88. The van der Waals surface area contributed by atoms with Gasteiger partial charge in [0.05, 0.1) is 0 Å². The van der Waals surface area contributed by atoms with Crippen molar-refractivity contribution in [1.82, 2.24) is 5.32 Å². The lowest BCUT2D eigenvalue weighted by Gasteiger charge is -2.15. The van der Waals surface area contributed by atoms with Gasteiger partial charge in [-0.05, 0) is 13.8 Å². The molecule has 0 saturated heterocycles. The van der Waals surface area contributed by atoms with Crippen molar-refractivity contribution in [2.75, 3.05) is 7.05 Å². The topological polar surface area (TPSA) is 66.4 Å². The zero-order valence-corrected chi connectivity index (χ0v) is 6.26. The molecule has 10 heavy (non-hydrogen) atoms. The third-order valence-corrected chi connectivity index (χ3v) is 1.33. The number of aliphatic carboxylic acids is 1. The molecular weight excluding hydrogens is 134 g/mol. The molecule has 0 atom stereocenters. The van der Waals surface area contributed by atoms with Crippen LogP contribution in [0.4, 0.5) is 0 Å². The lowest BCUT2D eigenvalue weighted by molar-refractivity contribution is -0.153. The Hall–Kier alpha value is -1.06. The highest BCUT2D eigenvalue weighted by molar-refractivity contribution is 6.00. The van der Waals surface area contributed by atoms with E-state index in [1.165, 1.54) is 20.9 Å². The molecule has 0 radical (unpaired) electrons. The third kappa shape index (κ3) is 1.46. The molecule has 1 amide bonds. The number of hydrogen-bond donors (Lipinski definition) is 2. The van der Waals surface area contributed by atoms with Gasteiger partial charge in [-0.25, -0.2) is 0 Å². The van der Waals surface area contributed by atoms with Crippen LogP contribution in [0, 0.1) is 5.41 Å². The SMILES string of the molecule is CNC(=O)C(C)(C)C(=O)O. The molecule has 58 valence electrons. The Kier molecular flexibility index (Phi) is 2.40. The van der Waals surface area contributed by atoms with Gasteiger partial charge in [0.15, 0.2) is 0 Å². The zero-order chi connectivity index (χ0) is 8.36. The fourth-order valence-corrected chi connectivity index (χ4v) is 0.410. The van der Waals surface area contributed by atoms with Crippen LogP contribution >= 0.6 is 0 Å². The maximum atomic E-state index is 10.8. The number of rotatable bonds is 2. The molecule has 0 aromatic heterocycles. The quantitative estimate of drug-likeness (QED) is 0.531. The first kappa shape index (κ1) is 8.94. The molecule has 0 fully saturated rings. The van der Waals surface area contributed by atoms with Crippen LogP contribution in [0.1, 0.15) is 13.8 Å². The molecule has 0 heterocycles. The summed E-state index contributed by atoms with van der Waals surface area (Å²) in [7, 11) is 1.41. The van der Waals surface area contributed by atoms with E-state index >= 15 is 0 Å².